The number of likely N-dealkylation sites (tertiary alicyclic amines) is 2. The number of amides is 5. The fourth-order valence-electron chi connectivity index (χ4n) is 5.14. The van der Waals surface area contributed by atoms with Crippen molar-refractivity contribution in [1.29, 1.82) is 0 Å². The molecule has 0 spiro atoms. The summed E-state index contributed by atoms with van der Waals surface area (Å²) in [5.74, 6) is 0.406. The number of hydrogen-bond acceptors (Lipinski definition) is 6. The van der Waals surface area contributed by atoms with Crippen LogP contribution in [0.25, 0.3) is 0 Å². The summed E-state index contributed by atoms with van der Waals surface area (Å²) in [6, 6.07) is 4.38. The summed E-state index contributed by atoms with van der Waals surface area (Å²) in [6.07, 6.45) is 3.47. The molecule has 4 rings (SSSR count). The molecule has 1 N–H and O–H groups in total. The quantitative estimate of drug-likeness (QED) is 0.554. The van der Waals surface area contributed by atoms with Gasteiger partial charge < -0.3 is 19.3 Å². The van der Waals surface area contributed by atoms with Crippen LogP contribution in [0.1, 0.15) is 63.2 Å². The zero-order valence-corrected chi connectivity index (χ0v) is 23.8. The number of ether oxygens (including phenoxy) is 2. The van der Waals surface area contributed by atoms with Crippen LogP contribution in [0.15, 0.2) is 18.2 Å². The van der Waals surface area contributed by atoms with Gasteiger partial charge in [-0.05, 0) is 76.5 Å². The van der Waals surface area contributed by atoms with Crippen LogP contribution in [0.2, 0.25) is 5.02 Å². The number of rotatable bonds is 6. The van der Waals surface area contributed by atoms with Gasteiger partial charge in [-0.2, -0.15) is 0 Å². The van der Waals surface area contributed by atoms with E-state index >= 15 is 0 Å². The van der Waals surface area contributed by atoms with Gasteiger partial charge in [-0.25, -0.2) is 9.59 Å². The van der Waals surface area contributed by atoms with Crippen molar-refractivity contribution < 1.29 is 28.7 Å². The third-order valence-corrected chi connectivity index (χ3v) is 7.73. The molecule has 1 aromatic carbocycles. The number of nitrogens with zero attached hydrogens (tertiary/aromatic N) is 3. The molecule has 3 saturated heterocycles. The number of urea groups is 1. The predicted octanol–water partition coefficient (Wildman–Crippen LogP) is 4.30. The molecular weight excluding hydrogens is 524 g/mol. The second kappa shape index (κ2) is 12.6. The van der Waals surface area contributed by atoms with Crippen molar-refractivity contribution in [3.05, 3.63) is 28.8 Å². The fraction of sp³-hybridized carbons (Fsp3) is 0.643. The minimum absolute atomic E-state index is 0.0995. The maximum Gasteiger partial charge on any atom is 0.410 e. The highest BCUT2D eigenvalue weighted by Gasteiger charge is 2.30. The number of piperidine rings is 2. The first-order valence-electron chi connectivity index (χ1n) is 13.8. The first kappa shape index (κ1) is 29.1. The Labute approximate surface area is 234 Å². The summed E-state index contributed by atoms with van der Waals surface area (Å²) < 4.78 is 11.5. The van der Waals surface area contributed by atoms with Crippen LogP contribution in [-0.2, 0) is 14.3 Å². The Morgan fingerprint density at radius 3 is 2.10 bits per heavy atom. The molecule has 0 bridgehead atoms. The van der Waals surface area contributed by atoms with E-state index in [1.165, 1.54) is 4.90 Å². The zero-order valence-electron chi connectivity index (χ0n) is 23.0. The molecule has 214 valence electrons. The van der Waals surface area contributed by atoms with Crippen LogP contribution in [0.3, 0.4) is 0 Å². The number of carbonyl (C=O) groups excluding carboxylic acids is 4. The fourth-order valence-corrected chi connectivity index (χ4v) is 5.36. The van der Waals surface area contributed by atoms with Crippen molar-refractivity contribution in [2.45, 2.75) is 58.5 Å². The smallest absolute Gasteiger partial charge is 0.410 e. The van der Waals surface area contributed by atoms with Crippen LogP contribution < -0.4 is 10.2 Å². The molecule has 0 unspecified atom stereocenters. The molecule has 1 aromatic rings. The van der Waals surface area contributed by atoms with E-state index in [0.717, 1.165) is 25.7 Å². The summed E-state index contributed by atoms with van der Waals surface area (Å²) in [4.78, 5) is 54.2. The van der Waals surface area contributed by atoms with E-state index in [2.05, 4.69) is 5.32 Å². The Bertz CT molecular complexity index is 1070. The highest BCUT2D eigenvalue weighted by Crippen LogP contribution is 2.30. The van der Waals surface area contributed by atoms with Crippen LogP contribution >= 0.6 is 11.6 Å². The van der Waals surface area contributed by atoms with E-state index < -0.39 is 11.6 Å². The summed E-state index contributed by atoms with van der Waals surface area (Å²) in [5.41, 5.74) is 0.405. The van der Waals surface area contributed by atoms with Gasteiger partial charge in [0.05, 0.1) is 10.7 Å². The maximum atomic E-state index is 13.2. The molecule has 0 aliphatic carbocycles. The predicted molar refractivity (Wildman–Crippen MR) is 147 cm³/mol. The second-order valence-electron chi connectivity index (χ2n) is 11.6. The first-order valence-corrected chi connectivity index (χ1v) is 14.1. The molecule has 0 aromatic heterocycles. The van der Waals surface area contributed by atoms with Crippen molar-refractivity contribution in [2.75, 3.05) is 50.8 Å². The van der Waals surface area contributed by atoms with Gasteiger partial charge in [0.15, 0.2) is 0 Å². The van der Waals surface area contributed by atoms with Crippen molar-refractivity contribution in [3.63, 3.8) is 0 Å². The number of nitrogens with one attached hydrogen (secondary N) is 1. The lowest BCUT2D eigenvalue weighted by Gasteiger charge is -2.34. The average molecular weight is 563 g/mol. The number of anilines is 1. The molecular formula is C28H39ClN4O6. The summed E-state index contributed by atoms with van der Waals surface area (Å²) >= 11 is 6.32. The van der Waals surface area contributed by atoms with Gasteiger partial charge >= 0.3 is 12.1 Å². The topological polar surface area (TPSA) is 108 Å². The first-order chi connectivity index (χ1) is 18.5. The molecule has 11 heteroatoms. The molecule has 0 radical (unpaired) electrons. The Morgan fingerprint density at radius 1 is 0.949 bits per heavy atom. The lowest BCUT2D eigenvalue weighted by molar-refractivity contribution is -0.120. The van der Waals surface area contributed by atoms with E-state index in [0.29, 0.717) is 67.5 Å². The van der Waals surface area contributed by atoms with Crippen molar-refractivity contribution in [3.8, 4) is 0 Å². The third-order valence-electron chi connectivity index (χ3n) is 7.41. The third kappa shape index (κ3) is 7.85. The zero-order chi connectivity index (χ0) is 28.2. The standard InChI is InChI=1S/C28H39ClN4O6/c1-28(2,3)39-27(37)32-13-8-20(9-14-32)18-38-17-19-6-11-31(12-7-19)25(35)21-4-5-22(29)23(16-21)33-15-10-24(34)30-26(33)36/h4-5,16,19-20H,6-15,17-18H2,1-3H3,(H,30,34,36). The molecule has 5 amide bonds. The Balaban J connectivity index is 1.19. The summed E-state index contributed by atoms with van der Waals surface area (Å²) in [7, 11) is 0. The van der Waals surface area contributed by atoms with E-state index in [1.54, 1.807) is 23.1 Å². The van der Waals surface area contributed by atoms with Crippen LogP contribution in [-0.4, -0.2) is 85.3 Å². The van der Waals surface area contributed by atoms with E-state index in [1.807, 2.05) is 25.7 Å². The number of imide groups is 1. The van der Waals surface area contributed by atoms with Crippen LogP contribution in [0.5, 0.6) is 0 Å². The molecule has 3 aliphatic rings. The normalized spacial score (nSPS) is 19.7. The monoisotopic (exact) mass is 562 g/mol. The highest BCUT2D eigenvalue weighted by molar-refractivity contribution is 6.34. The Kier molecular flexibility index (Phi) is 9.38. The van der Waals surface area contributed by atoms with E-state index in [-0.39, 0.29) is 30.9 Å². The number of carbonyl (C=O) groups is 4. The molecule has 0 atom stereocenters. The number of benzene rings is 1. The molecule has 3 aliphatic heterocycles. The molecule has 39 heavy (non-hydrogen) atoms. The second-order valence-corrected chi connectivity index (χ2v) is 12.0. The average Bonchev–Trinajstić information content (AvgIpc) is 2.89. The lowest BCUT2D eigenvalue weighted by Crippen LogP contribution is -2.49. The van der Waals surface area contributed by atoms with Gasteiger partial charge in [0.2, 0.25) is 5.91 Å². The van der Waals surface area contributed by atoms with Gasteiger partial charge in [0, 0.05) is 57.9 Å². The van der Waals surface area contributed by atoms with Crippen LogP contribution in [0, 0.1) is 11.8 Å². The highest BCUT2D eigenvalue weighted by atomic mass is 35.5. The number of hydrogen-bond donors (Lipinski definition) is 1. The van der Waals surface area contributed by atoms with E-state index in [4.69, 9.17) is 21.1 Å². The minimum Gasteiger partial charge on any atom is -0.444 e. The van der Waals surface area contributed by atoms with Gasteiger partial charge in [-0.3, -0.25) is 19.8 Å². The maximum absolute atomic E-state index is 13.2. The van der Waals surface area contributed by atoms with Crippen molar-refractivity contribution in [1.82, 2.24) is 15.1 Å². The largest absolute Gasteiger partial charge is 0.444 e. The molecule has 3 fully saturated rings. The van der Waals surface area contributed by atoms with Crippen molar-refractivity contribution in [2.24, 2.45) is 11.8 Å². The molecule has 10 nitrogen and oxygen atoms in total. The van der Waals surface area contributed by atoms with Crippen molar-refractivity contribution >= 4 is 41.2 Å². The number of halogens is 1. The Morgan fingerprint density at radius 2 is 1.54 bits per heavy atom. The van der Waals surface area contributed by atoms with Gasteiger partial charge in [0.1, 0.15) is 5.60 Å². The van der Waals surface area contributed by atoms with Crippen LogP contribution in [0.4, 0.5) is 15.3 Å². The van der Waals surface area contributed by atoms with Gasteiger partial charge in [-0.15, -0.1) is 0 Å². The Hall–Kier alpha value is -2.85. The SMILES string of the molecule is CC(C)(C)OC(=O)N1CCC(COCC2CCN(C(=O)c3ccc(Cl)c(N4CCC(=O)NC4=O)c3)CC2)CC1. The molecule has 0 saturated carbocycles. The van der Waals surface area contributed by atoms with Gasteiger partial charge in [-0.1, -0.05) is 11.6 Å². The van der Waals surface area contributed by atoms with Gasteiger partial charge in [0.25, 0.3) is 5.91 Å². The summed E-state index contributed by atoms with van der Waals surface area (Å²) in [6.45, 7) is 9.86. The molecule has 3 heterocycles. The van der Waals surface area contributed by atoms with E-state index in [9.17, 15) is 19.2 Å². The summed E-state index contributed by atoms with van der Waals surface area (Å²) in [5, 5.41) is 2.63. The minimum atomic E-state index is -0.535. The lowest BCUT2D eigenvalue weighted by atomic mass is 9.96.